The first-order chi connectivity index (χ1) is 15.8. The van der Waals surface area contributed by atoms with Crippen LogP contribution in [0.5, 0.6) is 0 Å². The van der Waals surface area contributed by atoms with Crippen LogP contribution in [-0.2, 0) is 0 Å². The molecule has 32 heavy (non-hydrogen) atoms. The fourth-order valence-electron chi connectivity index (χ4n) is 5.07. The van der Waals surface area contributed by atoms with Gasteiger partial charge in [-0.3, -0.25) is 0 Å². The third-order valence-electron chi connectivity index (χ3n) is 6.35. The van der Waals surface area contributed by atoms with Crippen LogP contribution in [0.25, 0.3) is 67.1 Å². The zero-order valence-corrected chi connectivity index (χ0v) is 18.3. The third-order valence-corrected chi connectivity index (χ3v) is 6.35. The van der Waals surface area contributed by atoms with Crippen LogP contribution in [0.15, 0.2) is 97.1 Å². The molecule has 2 nitrogen and oxygen atoms in total. The van der Waals surface area contributed by atoms with Gasteiger partial charge in [0.2, 0.25) is 0 Å². The van der Waals surface area contributed by atoms with Crippen LogP contribution in [0, 0.1) is 0 Å². The monoisotopic (exact) mass is 412 g/mol. The number of nitrogens with zero attached hydrogens (tertiary/aromatic N) is 2. The molecule has 0 N–H and O–H groups in total. The van der Waals surface area contributed by atoms with Gasteiger partial charge >= 0.3 is 0 Å². The quantitative estimate of drug-likeness (QED) is 0.275. The molecule has 6 aromatic rings. The van der Waals surface area contributed by atoms with Crippen LogP contribution in [0.1, 0.15) is 13.8 Å². The summed E-state index contributed by atoms with van der Waals surface area (Å²) in [6.07, 6.45) is 8.52. The van der Waals surface area contributed by atoms with Gasteiger partial charge < -0.3 is 9.13 Å². The molecule has 0 amide bonds. The van der Waals surface area contributed by atoms with Crippen molar-refractivity contribution in [3.63, 3.8) is 0 Å². The number of para-hydroxylation sites is 3. The van der Waals surface area contributed by atoms with Crippen LogP contribution >= 0.6 is 0 Å². The Morgan fingerprint density at radius 2 is 1.12 bits per heavy atom. The third kappa shape index (κ3) is 2.59. The zero-order chi connectivity index (χ0) is 21.7. The van der Waals surface area contributed by atoms with E-state index in [0.717, 1.165) is 0 Å². The minimum absolute atomic E-state index is 1.23. The maximum absolute atomic E-state index is 2.35. The molecule has 0 fully saturated rings. The summed E-state index contributed by atoms with van der Waals surface area (Å²) in [4.78, 5) is 0. The second kappa shape index (κ2) is 7.28. The molecule has 0 unspecified atom stereocenters. The maximum Gasteiger partial charge on any atom is 0.0613 e. The highest BCUT2D eigenvalue weighted by Crippen LogP contribution is 2.38. The largest absolute Gasteiger partial charge is 0.316 e. The van der Waals surface area contributed by atoms with Gasteiger partial charge in [0.15, 0.2) is 0 Å². The number of fused-ring (bicyclic) bond motifs is 6. The van der Waals surface area contributed by atoms with E-state index in [2.05, 4.69) is 132 Å². The van der Waals surface area contributed by atoms with Crippen molar-refractivity contribution < 1.29 is 0 Å². The lowest BCUT2D eigenvalue weighted by Gasteiger charge is -2.09. The minimum Gasteiger partial charge on any atom is -0.316 e. The summed E-state index contributed by atoms with van der Waals surface area (Å²) in [7, 11) is 0. The van der Waals surface area contributed by atoms with Gasteiger partial charge in [-0.05, 0) is 43.7 Å². The summed E-state index contributed by atoms with van der Waals surface area (Å²) in [6.45, 7) is 4.14. The van der Waals surface area contributed by atoms with Crippen LogP contribution in [0.2, 0.25) is 0 Å². The van der Waals surface area contributed by atoms with Crippen molar-refractivity contribution in [2.24, 2.45) is 0 Å². The minimum atomic E-state index is 1.23. The Morgan fingerprint density at radius 3 is 1.88 bits per heavy atom. The summed E-state index contributed by atoms with van der Waals surface area (Å²) < 4.78 is 4.61. The SMILES string of the molecule is CC=Cn1c2ccccc2c2cc(-c3cccc4c5ccccc5n(C=CC)c34)ccc21. The number of hydrogen-bond donors (Lipinski definition) is 0. The Morgan fingerprint density at radius 1 is 0.531 bits per heavy atom. The predicted molar refractivity (Wildman–Crippen MR) is 140 cm³/mol. The number of benzene rings is 4. The van der Waals surface area contributed by atoms with Crippen molar-refractivity contribution in [3.8, 4) is 11.1 Å². The standard InChI is InChI=1S/C30H24N2/c1-3-18-31-27-14-7-6-11-24(27)26-20-21(16-17-29(26)31)22-12-9-13-25-23-10-5-8-15-28(23)32(19-4-2)30(22)25/h3-20H,1-2H3. The molecule has 2 heteroatoms. The molecule has 0 saturated carbocycles. The van der Waals surface area contributed by atoms with E-state index in [0.29, 0.717) is 0 Å². The predicted octanol–water partition coefficient (Wildman–Crippen LogP) is 8.55. The van der Waals surface area contributed by atoms with Crippen molar-refractivity contribution in [2.75, 3.05) is 0 Å². The molecule has 0 spiro atoms. The second-order valence-corrected chi connectivity index (χ2v) is 8.17. The van der Waals surface area contributed by atoms with E-state index in [4.69, 9.17) is 0 Å². The highest BCUT2D eigenvalue weighted by Gasteiger charge is 2.15. The molecule has 2 heterocycles. The normalized spacial score (nSPS) is 12.4. The van der Waals surface area contributed by atoms with Gasteiger partial charge in [0, 0.05) is 39.5 Å². The molecule has 0 aliphatic heterocycles. The average Bonchev–Trinajstić information content (AvgIpc) is 3.33. The Kier molecular flexibility index (Phi) is 4.26. The molecule has 0 bridgehead atoms. The zero-order valence-electron chi connectivity index (χ0n) is 18.3. The molecule has 2 aromatic heterocycles. The first kappa shape index (κ1) is 18.7. The van der Waals surface area contributed by atoms with Crippen molar-refractivity contribution in [1.29, 1.82) is 0 Å². The van der Waals surface area contributed by atoms with Crippen molar-refractivity contribution in [1.82, 2.24) is 9.13 Å². The summed E-state index contributed by atoms with van der Waals surface area (Å²) in [5, 5.41) is 5.13. The molecule has 0 saturated heterocycles. The van der Waals surface area contributed by atoms with Crippen LogP contribution < -0.4 is 0 Å². The van der Waals surface area contributed by atoms with E-state index in [9.17, 15) is 0 Å². The Hall–Kier alpha value is -4.04. The lowest BCUT2D eigenvalue weighted by molar-refractivity contribution is 1.28. The molecular formula is C30H24N2. The van der Waals surface area contributed by atoms with Gasteiger partial charge in [0.25, 0.3) is 0 Å². The lowest BCUT2D eigenvalue weighted by Crippen LogP contribution is -1.89. The number of rotatable bonds is 3. The molecule has 4 aromatic carbocycles. The molecule has 0 atom stereocenters. The van der Waals surface area contributed by atoms with Gasteiger partial charge in [-0.25, -0.2) is 0 Å². The smallest absolute Gasteiger partial charge is 0.0613 e. The van der Waals surface area contributed by atoms with Crippen LogP contribution in [0.4, 0.5) is 0 Å². The number of aromatic nitrogens is 2. The van der Waals surface area contributed by atoms with E-state index in [1.54, 1.807) is 0 Å². The first-order valence-electron chi connectivity index (χ1n) is 11.1. The van der Waals surface area contributed by atoms with Gasteiger partial charge in [0.1, 0.15) is 0 Å². The van der Waals surface area contributed by atoms with E-state index < -0.39 is 0 Å². The second-order valence-electron chi connectivity index (χ2n) is 8.17. The van der Waals surface area contributed by atoms with E-state index in [1.807, 2.05) is 0 Å². The van der Waals surface area contributed by atoms with Gasteiger partial charge in [-0.1, -0.05) is 72.8 Å². The lowest BCUT2D eigenvalue weighted by atomic mass is 10.00. The van der Waals surface area contributed by atoms with Crippen LogP contribution in [0.3, 0.4) is 0 Å². The Bertz CT molecular complexity index is 1690. The van der Waals surface area contributed by atoms with Crippen molar-refractivity contribution >= 4 is 56.0 Å². The summed E-state index contributed by atoms with van der Waals surface area (Å²) in [6, 6.07) is 30.8. The fourth-order valence-corrected chi connectivity index (χ4v) is 5.07. The van der Waals surface area contributed by atoms with E-state index >= 15 is 0 Å². The van der Waals surface area contributed by atoms with Gasteiger partial charge in [-0.2, -0.15) is 0 Å². The highest BCUT2D eigenvalue weighted by atomic mass is 15.0. The van der Waals surface area contributed by atoms with Gasteiger partial charge in [-0.15, -0.1) is 0 Å². The van der Waals surface area contributed by atoms with E-state index in [-0.39, 0.29) is 0 Å². The molecule has 154 valence electrons. The first-order valence-corrected chi connectivity index (χ1v) is 11.1. The van der Waals surface area contributed by atoms with Crippen molar-refractivity contribution in [2.45, 2.75) is 13.8 Å². The van der Waals surface area contributed by atoms with Crippen molar-refractivity contribution in [3.05, 3.63) is 97.1 Å². The van der Waals surface area contributed by atoms with Crippen LogP contribution in [-0.4, -0.2) is 9.13 Å². The molecule has 0 radical (unpaired) electrons. The van der Waals surface area contributed by atoms with Gasteiger partial charge in [0.05, 0.1) is 22.1 Å². The highest BCUT2D eigenvalue weighted by molar-refractivity contribution is 6.15. The maximum atomic E-state index is 2.35. The Labute approximate surface area is 187 Å². The Balaban J connectivity index is 1.71. The number of hydrogen-bond acceptors (Lipinski definition) is 0. The fraction of sp³-hybridized carbons (Fsp3) is 0.0667. The molecule has 0 aliphatic carbocycles. The number of allylic oxidation sites excluding steroid dienone is 2. The average molecular weight is 413 g/mol. The molecule has 6 rings (SSSR count). The summed E-state index contributed by atoms with van der Waals surface area (Å²) in [5.74, 6) is 0. The molecular weight excluding hydrogens is 388 g/mol. The topological polar surface area (TPSA) is 9.86 Å². The summed E-state index contributed by atoms with van der Waals surface area (Å²) in [5.41, 5.74) is 7.44. The summed E-state index contributed by atoms with van der Waals surface area (Å²) >= 11 is 0. The molecule has 0 aliphatic rings. The van der Waals surface area contributed by atoms with E-state index in [1.165, 1.54) is 54.7 Å².